The highest BCUT2D eigenvalue weighted by atomic mass is 19.2. The Labute approximate surface area is 127 Å². The van der Waals surface area contributed by atoms with Gasteiger partial charge in [-0.25, -0.2) is 8.78 Å². The summed E-state index contributed by atoms with van der Waals surface area (Å²) < 4.78 is 57.8. The van der Waals surface area contributed by atoms with Gasteiger partial charge in [0, 0.05) is 6.07 Å². The summed E-state index contributed by atoms with van der Waals surface area (Å²) in [6.07, 6.45) is 4.36. The van der Waals surface area contributed by atoms with Crippen LogP contribution in [0.2, 0.25) is 0 Å². The largest absolute Gasteiger partial charge is 0.420 e. The monoisotopic (exact) mass is 320 g/mol. The van der Waals surface area contributed by atoms with Crippen LogP contribution in [0.5, 0.6) is 5.75 Å². The summed E-state index contributed by atoms with van der Waals surface area (Å²) in [6, 6.07) is 0.0762. The highest BCUT2D eigenvalue weighted by Crippen LogP contribution is 2.28. The number of hydrogen-bond acceptors (Lipinski definition) is 2. The molecular formula is C16H20F4O2. The number of rotatable bonds is 8. The first-order valence-electron chi connectivity index (χ1n) is 7.47. The lowest BCUT2D eigenvalue weighted by atomic mass is 9.97. The molecule has 1 aromatic carbocycles. The average molecular weight is 320 g/mol. The molecule has 0 aromatic heterocycles. The molecule has 2 nitrogen and oxygen atoms in total. The minimum absolute atomic E-state index is 0.0762. The van der Waals surface area contributed by atoms with Crippen molar-refractivity contribution in [1.29, 1.82) is 0 Å². The average Bonchev–Trinajstić information content (AvgIpc) is 2.48. The van der Waals surface area contributed by atoms with E-state index in [4.69, 9.17) is 0 Å². The predicted octanol–water partition coefficient (Wildman–Crippen LogP) is 5.15. The molecule has 6 heteroatoms. The molecule has 0 spiro atoms. The lowest BCUT2D eigenvalue weighted by Gasteiger charge is -2.15. The van der Waals surface area contributed by atoms with Gasteiger partial charge in [0.05, 0.1) is 5.92 Å². The van der Waals surface area contributed by atoms with Gasteiger partial charge in [0.15, 0.2) is 11.6 Å². The lowest BCUT2D eigenvalue weighted by Crippen LogP contribution is -2.22. The number of benzene rings is 1. The normalized spacial score (nSPS) is 12.3. The van der Waals surface area contributed by atoms with E-state index in [1.54, 1.807) is 0 Å². The number of carbonyl (C=O) groups is 1. The van der Waals surface area contributed by atoms with Crippen LogP contribution in [0.15, 0.2) is 6.07 Å². The van der Waals surface area contributed by atoms with Crippen molar-refractivity contribution in [3.63, 3.8) is 0 Å². The third kappa shape index (κ3) is 4.71. The molecule has 1 aromatic rings. The van der Waals surface area contributed by atoms with E-state index in [9.17, 15) is 22.4 Å². The van der Waals surface area contributed by atoms with Gasteiger partial charge >= 0.3 is 5.97 Å². The molecule has 0 bridgehead atoms. The fourth-order valence-corrected chi connectivity index (χ4v) is 2.19. The van der Waals surface area contributed by atoms with Gasteiger partial charge in [-0.1, -0.05) is 39.5 Å². The van der Waals surface area contributed by atoms with Gasteiger partial charge in [-0.2, -0.15) is 8.78 Å². The maximum Gasteiger partial charge on any atom is 0.314 e. The third-order valence-electron chi connectivity index (χ3n) is 3.40. The summed E-state index contributed by atoms with van der Waals surface area (Å²) in [5, 5.41) is 0. The molecule has 0 aliphatic carbocycles. The summed E-state index contributed by atoms with van der Waals surface area (Å²) in [5.41, 5.74) is 0. The summed E-state index contributed by atoms with van der Waals surface area (Å²) >= 11 is 0. The van der Waals surface area contributed by atoms with Crippen molar-refractivity contribution in [3.05, 3.63) is 29.3 Å². The van der Waals surface area contributed by atoms with Crippen molar-refractivity contribution in [2.24, 2.45) is 5.92 Å². The summed E-state index contributed by atoms with van der Waals surface area (Å²) in [4.78, 5) is 12.0. The first-order chi connectivity index (χ1) is 10.4. The molecule has 0 aliphatic rings. The molecule has 22 heavy (non-hydrogen) atoms. The van der Waals surface area contributed by atoms with E-state index in [0.717, 1.165) is 19.3 Å². The Bertz CT molecular complexity index is 491. The molecule has 0 saturated heterocycles. The molecule has 0 N–H and O–H groups in total. The Morgan fingerprint density at radius 1 is 1.00 bits per heavy atom. The first kappa shape index (κ1) is 18.5. The van der Waals surface area contributed by atoms with E-state index < -0.39 is 40.9 Å². The van der Waals surface area contributed by atoms with Crippen LogP contribution in [0, 0.1) is 29.2 Å². The fraction of sp³-hybridized carbons (Fsp3) is 0.562. The van der Waals surface area contributed by atoms with E-state index >= 15 is 0 Å². The van der Waals surface area contributed by atoms with Crippen molar-refractivity contribution in [3.8, 4) is 5.75 Å². The van der Waals surface area contributed by atoms with E-state index in [2.05, 4.69) is 4.74 Å². The number of unbranched alkanes of at least 4 members (excludes halogenated alkanes) is 2. The van der Waals surface area contributed by atoms with Gasteiger partial charge in [-0.3, -0.25) is 4.79 Å². The standard InChI is InChI=1S/C16H20F4O2/c1-3-5-6-8-10(7-4-2)16(21)22-15-13(19)11(17)9-12(18)14(15)20/h9-10H,3-8H2,1-2H3. The van der Waals surface area contributed by atoms with E-state index in [1.807, 2.05) is 13.8 Å². The minimum atomic E-state index is -1.70. The molecule has 1 rings (SSSR count). The van der Waals surface area contributed by atoms with Gasteiger partial charge < -0.3 is 4.74 Å². The van der Waals surface area contributed by atoms with Crippen molar-refractivity contribution >= 4 is 5.97 Å². The van der Waals surface area contributed by atoms with Crippen LogP contribution in [0.25, 0.3) is 0 Å². The second-order valence-electron chi connectivity index (χ2n) is 5.20. The Morgan fingerprint density at radius 3 is 2.09 bits per heavy atom. The Kier molecular flexibility index (Phi) is 7.35. The zero-order chi connectivity index (χ0) is 16.7. The molecule has 1 unspecified atom stereocenters. The highest BCUT2D eigenvalue weighted by molar-refractivity contribution is 5.75. The SMILES string of the molecule is CCCCCC(CCC)C(=O)Oc1c(F)c(F)cc(F)c1F. The molecule has 0 fully saturated rings. The first-order valence-corrected chi connectivity index (χ1v) is 7.47. The van der Waals surface area contributed by atoms with Gasteiger partial charge in [0.1, 0.15) is 0 Å². The smallest absolute Gasteiger partial charge is 0.314 e. The van der Waals surface area contributed by atoms with Crippen molar-refractivity contribution < 1.29 is 27.1 Å². The number of hydrogen-bond donors (Lipinski definition) is 0. The van der Waals surface area contributed by atoms with Crippen LogP contribution in [-0.2, 0) is 4.79 Å². The molecular weight excluding hydrogens is 300 g/mol. The summed E-state index contributed by atoms with van der Waals surface area (Å²) in [5.74, 6) is -9.30. The zero-order valence-electron chi connectivity index (χ0n) is 12.7. The highest BCUT2D eigenvalue weighted by Gasteiger charge is 2.26. The number of carbonyl (C=O) groups excluding carboxylic acids is 1. The number of ether oxygens (including phenoxy) is 1. The number of halogens is 4. The van der Waals surface area contributed by atoms with Crippen LogP contribution in [0.1, 0.15) is 52.4 Å². The van der Waals surface area contributed by atoms with Crippen molar-refractivity contribution in [2.45, 2.75) is 52.4 Å². The van der Waals surface area contributed by atoms with Crippen LogP contribution in [-0.4, -0.2) is 5.97 Å². The molecule has 0 aliphatic heterocycles. The number of esters is 1. The Morgan fingerprint density at radius 2 is 1.59 bits per heavy atom. The maximum atomic E-state index is 13.5. The minimum Gasteiger partial charge on any atom is -0.420 e. The third-order valence-corrected chi connectivity index (χ3v) is 3.40. The molecule has 0 radical (unpaired) electrons. The second-order valence-corrected chi connectivity index (χ2v) is 5.20. The maximum absolute atomic E-state index is 13.5. The summed E-state index contributed by atoms with van der Waals surface area (Å²) in [7, 11) is 0. The van der Waals surface area contributed by atoms with E-state index in [0.29, 0.717) is 19.3 Å². The molecule has 0 saturated carbocycles. The van der Waals surface area contributed by atoms with Crippen LogP contribution < -0.4 is 4.74 Å². The van der Waals surface area contributed by atoms with E-state index in [1.165, 1.54) is 0 Å². The molecule has 0 heterocycles. The zero-order valence-corrected chi connectivity index (χ0v) is 12.7. The van der Waals surface area contributed by atoms with Gasteiger partial charge in [-0.05, 0) is 12.8 Å². The summed E-state index contributed by atoms with van der Waals surface area (Å²) in [6.45, 7) is 3.87. The lowest BCUT2D eigenvalue weighted by molar-refractivity contribution is -0.140. The topological polar surface area (TPSA) is 26.3 Å². The Balaban J connectivity index is 2.89. The quantitative estimate of drug-likeness (QED) is 0.218. The van der Waals surface area contributed by atoms with Gasteiger partial charge in [0.25, 0.3) is 0 Å². The fourth-order valence-electron chi connectivity index (χ4n) is 2.19. The Hall–Kier alpha value is -1.59. The second kappa shape index (κ2) is 8.76. The molecule has 124 valence electrons. The van der Waals surface area contributed by atoms with Crippen molar-refractivity contribution in [1.82, 2.24) is 0 Å². The van der Waals surface area contributed by atoms with Crippen LogP contribution in [0.4, 0.5) is 17.6 Å². The van der Waals surface area contributed by atoms with Gasteiger partial charge in [0.2, 0.25) is 17.4 Å². The van der Waals surface area contributed by atoms with Crippen LogP contribution in [0.3, 0.4) is 0 Å². The van der Waals surface area contributed by atoms with E-state index in [-0.39, 0.29) is 6.07 Å². The van der Waals surface area contributed by atoms with Gasteiger partial charge in [-0.15, -0.1) is 0 Å². The van der Waals surface area contributed by atoms with Crippen molar-refractivity contribution in [2.75, 3.05) is 0 Å². The predicted molar refractivity (Wildman–Crippen MR) is 74.4 cm³/mol. The van der Waals surface area contributed by atoms with Crippen LogP contribution >= 0.6 is 0 Å². The molecule has 1 atom stereocenters. The molecule has 0 amide bonds.